The topological polar surface area (TPSA) is 46.0 Å². The van der Waals surface area contributed by atoms with Crippen LogP contribution in [0.2, 0.25) is 0 Å². The summed E-state index contributed by atoms with van der Waals surface area (Å²) in [5.41, 5.74) is 4.86. The van der Waals surface area contributed by atoms with Crippen LogP contribution in [0.1, 0.15) is 38.3 Å². The molecular formula is C20H25N4O+. The van der Waals surface area contributed by atoms with Gasteiger partial charge in [0.2, 0.25) is 0 Å². The van der Waals surface area contributed by atoms with E-state index in [1.165, 1.54) is 0 Å². The average molecular weight is 337 g/mol. The number of aryl methyl sites for hydroxylation is 1. The predicted octanol–water partition coefficient (Wildman–Crippen LogP) is 3.94. The van der Waals surface area contributed by atoms with Gasteiger partial charge < -0.3 is 4.90 Å². The second kappa shape index (κ2) is 7.92. The van der Waals surface area contributed by atoms with Crippen LogP contribution in [0.25, 0.3) is 23.2 Å². The number of fused-ring (bicyclic) bond motifs is 1. The zero-order chi connectivity index (χ0) is 17.6. The van der Waals surface area contributed by atoms with Gasteiger partial charge in [0.1, 0.15) is 12.1 Å². The Morgan fingerprint density at radius 3 is 2.36 bits per heavy atom. The van der Waals surface area contributed by atoms with E-state index in [2.05, 4.69) is 89.4 Å². The molecule has 130 valence electrons. The van der Waals surface area contributed by atoms with Crippen LogP contribution in [0.4, 0.5) is 5.69 Å². The standard InChI is InChI=1S/C20H25N4O/c1-4-13-23-14-11-16(12-15-23)7-8-17-9-10-18(24(5-2)6-3)20-19(17)21-25-22-20/h7-12,14-15H,4-6,13H2,1-3H3/q+1. The van der Waals surface area contributed by atoms with Gasteiger partial charge in [-0.25, -0.2) is 9.20 Å². The Labute approximate surface area is 148 Å². The van der Waals surface area contributed by atoms with E-state index in [1.54, 1.807) is 0 Å². The molecule has 0 aliphatic rings. The van der Waals surface area contributed by atoms with E-state index in [9.17, 15) is 0 Å². The van der Waals surface area contributed by atoms with Crippen LogP contribution < -0.4 is 9.47 Å². The third-order valence-corrected chi connectivity index (χ3v) is 4.38. The van der Waals surface area contributed by atoms with Crippen molar-refractivity contribution in [2.24, 2.45) is 0 Å². The lowest BCUT2D eigenvalue weighted by Gasteiger charge is -2.20. The van der Waals surface area contributed by atoms with Crippen molar-refractivity contribution in [2.45, 2.75) is 33.7 Å². The summed E-state index contributed by atoms with van der Waals surface area (Å²) in [5, 5.41) is 8.23. The molecule has 2 heterocycles. The summed E-state index contributed by atoms with van der Waals surface area (Å²) in [5.74, 6) is 0. The van der Waals surface area contributed by atoms with Gasteiger partial charge in [0.05, 0.1) is 5.69 Å². The highest BCUT2D eigenvalue weighted by Gasteiger charge is 2.13. The Morgan fingerprint density at radius 2 is 1.68 bits per heavy atom. The number of pyridine rings is 1. The molecule has 3 rings (SSSR count). The third-order valence-electron chi connectivity index (χ3n) is 4.38. The third kappa shape index (κ3) is 3.71. The van der Waals surface area contributed by atoms with Crippen LogP contribution in [0.15, 0.2) is 41.3 Å². The van der Waals surface area contributed by atoms with Crippen molar-refractivity contribution >= 4 is 28.9 Å². The fourth-order valence-corrected chi connectivity index (χ4v) is 3.00. The maximum absolute atomic E-state index is 5.02. The molecule has 5 nitrogen and oxygen atoms in total. The smallest absolute Gasteiger partial charge is 0.169 e. The van der Waals surface area contributed by atoms with E-state index in [0.717, 1.165) is 53.9 Å². The summed E-state index contributed by atoms with van der Waals surface area (Å²) in [7, 11) is 0. The highest BCUT2D eigenvalue weighted by atomic mass is 16.6. The summed E-state index contributed by atoms with van der Waals surface area (Å²) < 4.78 is 7.21. The Bertz CT molecular complexity index is 848. The van der Waals surface area contributed by atoms with E-state index in [-0.39, 0.29) is 0 Å². The van der Waals surface area contributed by atoms with Gasteiger partial charge in [-0.1, -0.05) is 25.1 Å². The maximum Gasteiger partial charge on any atom is 0.169 e. The fraction of sp³-hybridized carbons (Fsp3) is 0.350. The van der Waals surface area contributed by atoms with Gasteiger partial charge in [0, 0.05) is 37.2 Å². The SMILES string of the molecule is CCC[n+]1ccc(/C=C/c2ccc(N(CC)CC)c3nonc23)cc1. The molecule has 2 aromatic heterocycles. The molecule has 25 heavy (non-hydrogen) atoms. The highest BCUT2D eigenvalue weighted by molar-refractivity contribution is 5.95. The molecule has 0 saturated heterocycles. The minimum atomic E-state index is 0.803. The average Bonchev–Trinajstić information content (AvgIpc) is 3.13. The molecule has 0 fully saturated rings. The lowest BCUT2D eigenvalue weighted by molar-refractivity contribution is -0.697. The molecule has 0 bridgehead atoms. The van der Waals surface area contributed by atoms with Gasteiger partial charge in [-0.2, -0.15) is 0 Å². The van der Waals surface area contributed by atoms with E-state index in [4.69, 9.17) is 4.63 Å². The first kappa shape index (κ1) is 17.1. The molecule has 0 atom stereocenters. The summed E-state index contributed by atoms with van der Waals surface area (Å²) in [6, 6.07) is 8.42. The first-order valence-corrected chi connectivity index (χ1v) is 8.94. The van der Waals surface area contributed by atoms with Gasteiger partial charge in [0.25, 0.3) is 0 Å². The van der Waals surface area contributed by atoms with Crippen molar-refractivity contribution < 1.29 is 9.20 Å². The second-order valence-electron chi connectivity index (χ2n) is 6.01. The van der Waals surface area contributed by atoms with Crippen LogP contribution in [0, 0.1) is 0 Å². The van der Waals surface area contributed by atoms with Gasteiger partial charge in [0.15, 0.2) is 17.9 Å². The van der Waals surface area contributed by atoms with Crippen molar-refractivity contribution in [1.29, 1.82) is 0 Å². The number of hydrogen-bond acceptors (Lipinski definition) is 4. The molecule has 3 aromatic rings. The number of rotatable bonds is 7. The molecule has 0 N–H and O–H groups in total. The summed E-state index contributed by atoms with van der Waals surface area (Å²) in [4.78, 5) is 2.25. The summed E-state index contributed by atoms with van der Waals surface area (Å²) in [6.45, 7) is 9.35. The minimum Gasteiger partial charge on any atom is -0.370 e. The van der Waals surface area contributed by atoms with E-state index >= 15 is 0 Å². The monoisotopic (exact) mass is 337 g/mol. The van der Waals surface area contributed by atoms with Crippen molar-refractivity contribution in [1.82, 2.24) is 10.3 Å². The molecule has 0 amide bonds. The van der Waals surface area contributed by atoms with Crippen LogP contribution >= 0.6 is 0 Å². The van der Waals surface area contributed by atoms with Gasteiger partial charge in [-0.15, -0.1) is 0 Å². The van der Waals surface area contributed by atoms with Gasteiger partial charge in [-0.05, 0) is 35.8 Å². The van der Waals surface area contributed by atoms with Crippen molar-refractivity contribution in [3.63, 3.8) is 0 Å². The molecule has 1 aromatic carbocycles. The Hall–Kier alpha value is -2.69. The van der Waals surface area contributed by atoms with Gasteiger partial charge >= 0.3 is 0 Å². The van der Waals surface area contributed by atoms with Crippen LogP contribution in [-0.4, -0.2) is 23.4 Å². The lowest BCUT2D eigenvalue weighted by Crippen LogP contribution is -2.31. The molecule has 0 spiro atoms. The normalized spacial score (nSPS) is 11.5. The number of aromatic nitrogens is 3. The van der Waals surface area contributed by atoms with E-state index < -0.39 is 0 Å². The van der Waals surface area contributed by atoms with E-state index in [1.807, 2.05) is 0 Å². The molecule has 0 aliphatic heterocycles. The number of benzene rings is 1. The second-order valence-corrected chi connectivity index (χ2v) is 6.01. The minimum absolute atomic E-state index is 0.803. The number of nitrogens with zero attached hydrogens (tertiary/aromatic N) is 4. The maximum atomic E-state index is 5.02. The highest BCUT2D eigenvalue weighted by Crippen LogP contribution is 2.28. The fourth-order valence-electron chi connectivity index (χ4n) is 3.00. The number of anilines is 1. The Kier molecular flexibility index (Phi) is 5.43. The molecular weight excluding hydrogens is 312 g/mol. The lowest BCUT2D eigenvalue weighted by atomic mass is 10.1. The van der Waals surface area contributed by atoms with Crippen molar-refractivity contribution in [3.05, 3.63) is 47.8 Å². The molecule has 5 heteroatoms. The zero-order valence-corrected chi connectivity index (χ0v) is 15.1. The quantitative estimate of drug-likeness (QED) is 0.613. The molecule has 0 aliphatic carbocycles. The van der Waals surface area contributed by atoms with Crippen LogP contribution in [0.5, 0.6) is 0 Å². The van der Waals surface area contributed by atoms with Gasteiger partial charge in [-0.3, -0.25) is 0 Å². The largest absolute Gasteiger partial charge is 0.370 e. The Morgan fingerprint density at radius 1 is 0.960 bits per heavy atom. The first-order chi connectivity index (χ1) is 12.3. The summed E-state index contributed by atoms with van der Waals surface area (Å²) >= 11 is 0. The molecule has 0 saturated carbocycles. The predicted molar refractivity (Wildman–Crippen MR) is 101 cm³/mol. The zero-order valence-electron chi connectivity index (χ0n) is 15.1. The molecule has 0 radical (unpaired) electrons. The summed E-state index contributed by atoms with van der Waals surface area (Å²) in [6.07, 6.45) is 9.52. The Balaban J connectivity index is 1.89. The van der Waals surface area contributed by atoms with E-state index in [0.29, 0.717) is 0 Å². The number of hydrogen-bond donors (Lipinski definition) is 0. The first-order valence-electron chi connectivity index (χ1n) is 8.94. The van der Waals surface area contributed by atoms with Crippen LogP contribution in [0.3, 0.4) is 0 Å². The van der Waals surface area contributed by atoms with Crippen molar-refractivity contribution in [3.8, 4) is 0 Å². The van der Waals surface area contributed by atoms with Crippen LogP contribution in [-0.2, 0) is 6.54 Å². The molecule has 0 unspecified atom stereocenters. The van der Waals surface area contributed by atoms with Crippen molar-refractivity contribution in [2.75, 3.05) is 18.0 Å².